The van der Waals surface area contributed by atoms with Crippen molar-refractivity contribution in [1.82, 2.24) is 0 Å². The molecule has 94 valence electrons. The SMILES string of the molecule is OC(c1ccc(I)cc1)c1ccc2ccccc2c1. The van der Waals surface area contributed by atoms with Gasteiger partial charge in [0.15, 0.2) is 0 Å². The van der Waals surface area contributed by atoms with Gasteiger partial charge in [0, 0.05) is 3.57 Å². The lowest BCUT2D eigenvalue weighted by molar-refractivity contribution is 0.220. The molecule has 0 bridgehead atoms. The first-order valence-electron chi connectivity index (χ1n) is 6.16. The number of halogens is 1. The molecule has 1 N–H and O–H groups in total. The summed E-state index contributed by atoms with van der Waals surface area (Å²) < 4.78 is 1.17. The Kier molecular flexibility index (Phi) is 3.53. The Labute approximate surface area is 126 Å². The highest BCUT2D eigenvalue weighted by Crippen LogP contribution is 2.25. The van der Waals surface area contributed by atoms with Gasteiger partial charge >= 0.3 is 0 Å². The van der Waals surface area contributed by atoms with E-state index in [0.29, 0.717) is 0 Å². The number of rotatable bonds is 2. The fourth-order valence-electron chi connectivity index (χ4n) is 2.22. The third-order valence-electron chi connectivity index (χ3n) is 3.28. The summed E-state index contributed by atoms with van der Waals surface area (Å²) in [5.41, 5.74) is 1.86. The molecule has 0 radical (unpaired) electrons. The molecule has 0 spiro atoms. The normalized spacial score (nSPS) is 12.5. The van der Waals surface area contributed by atoms with E-state index < -0.39 is 6.10 Å². The van der Waals surface area contributed by atoms with E-state index in [-0.39, 0.29) is 0 Å². The van der Waals surface area contributed by atoms with Gasteiger partial charge in [-0.2, -0.15) is 0 Å². The highest BCUT2D eigenvalue weighted by molar-refractivity contribution is 14.1. The zero-order valence-electron chi connectivity index (χ0n) is 10.3. The smallest absolute Gasteiger partial charge is 0.104 e. The van der Waals surface area contributed by atoms with Crippen molar-refractivity contribution in [2.45, 2.75) is 6.10 Å². The van der Waals surface area contributed by atoms with E-state index in [0.717, 1.165) is 16.5 Å². The molecular formula is C17H13IO. The van der Waals surface area contributed by atoms with Crippen LogP contribution >= 0.6 is 22.6 Å². The van der Waals surface area contributed by atoms with Crippen LogP contribution in [-0.2, 0) is 0 Å². The number of hydrogen-bond donors (Lipinski definition) is 1. The van der Waals surface area contributed by atoms with Crippen LogP contribution < -0.4 is 0 Å². The van der Waals surface area contributed by atoms with E-state index in [1.54, 1.807) is 0 Å². The van der Waals surface area contributed by atoms with Gasteiger partial charge in [0.1, 0.15) is 6.10 Å². The molecule has 2 heteroatoms. The van der Waals surface area contributed by atoms with E-state index in [1.165, 1.54) is 8.96 Å². The zero-order chi connectivity index (χ0) is 13.2. The molecular weight excluding hydrogens is 347 g/mol. The second kappa shape index (κ2) is 5.31. The molecule has 0 heterocycles. The van der Waals surface area contributed by atoms with Gasteiger partial charge in [-0.15, -0.1) is 0 Å². The Hall–Kier alpha value is -1.39. The Bertz CT molecular complexity index is 704. The number of aliphatic hydroxyl groups excluding tert-OH is 1. The van der Waals surface area contributed by atoms with Crippen LogP contribution in [0.15, 0.2) is 66.7 Å². The van der Waals surface area contributed by atoms with Gasteiger partial charge in [0.2, 0.25) is 0 Å². The fourth-order valence-corrected chi connectivity index (χ4v) is 2.57. The van der Waals surface area contributed by atoms with Crippen LogP contribution in [0.1, 0.15) is 17.2 Å². The third kappa shape index (κ3) is 2.65. The van der Waals surface area contributed by atoms with Crippen LogP contribution in [0.3, 0.4) is 0 Å². The highest BCUT2D eigenvalue weighted by atomic mass is 127. The third-order valence-corrected chi connectivity index (χ3v) is 3.99. The maximum absolute atomic E-state index is 10.4. The van der Waals surface area contributed by atoms with Gasteiger partial charge in [-0.05, 0) is 62.7 Å². The van der Waals surface area contributed by atoms with Crippen LogP contribution in [-0.4, -0.2) is 5.11 Å². The molecule has 0 amide bonds. The first-order chi connectivity index (χ1) is 9.24. The van der Waals surface area contributed by atoms with Crippen molar-refractivity contribution in [1.29, 1.82) is 0 Å². The summed E-state index contributed by atoms with van der Waals surface area (Å²) in [6, 6.07) is 22.3. The average Bonchev–Trinajstić information content (AvgIpc) is 2.47. The van der Waals surface area contributed by atoms with E-state index in [2.05, 4.69) is 46.9 Å². The second-order valence-electron chi connectivity index (χ2n) is 4.56. The summed E-state index contributed by atoms with van der Waals surface area (Å²) in [6.45, 7) is 0. The Morgan fingerprint density at radius 3 is 2.11 bits per heavy atom. The van der Waals surface area contributed by atoms with Crippen LogP contribution in [0, 0.1) is 3.57 Å². The lowest BCUT2D eigenvalue weighted by atomic mass is 9.99. The topological polar surface area (TPSA) is 20.2 Å². The Morgan fingerprint density at radius 2 is 1.37 bits per heavy atom. The van der Waals surface area contributed by atoms with Crippen molar-refractivity contribution in [3.05, 3.63) is 81.4 Å². The molecule has 0 aliphatic rings. The fraction of sp³-hybridized carbons (Fsp3) is 0.0588. The van der Waals surface area contributed by atoms with Crippen molar-refractivity contribution >= 4 is 33.4 Å². The van der Waals surface area contributed by atoms with Crippen molar-refractivity contribution in [3.63, 3.8) is 0 Å². The monoisotopic (exact) mass is 360 g/mol. The maximum atomic E-state index is 10.4. The number of hydrogen-bond acceptors (Lipinski definition) is 1. The highest BCUT2D eigenvalue weighted by Gasteiger charge is 2.10. The molecule has 0 aromatic heterocycles. The van der Waals surface area contributed by atoms with Crippen molar-refractivity contribution < 1.29 is 5.11 Å². The standard InChI is InChI=1S/C17H13IO/c18-16-9-7-13(8-10-16)17(19)15-6-5-12-3-1-2-4-14(12)11-15/h1-11,17,19H. The lowest BCUT2D eigenvalue weighted by Crippen LogP contribution is -1.99. The summed E-state index contributed by atoms with van der Waals surface area (Å²) in [5, 5.41) is 12.8. The van der Waals surface area contributed by atoms with Crippen molar-refractivity contribution in [3.8, 4) is 0 Å². The molecule has 1 atom stereocenters. The molecule has 3 rings (SSSR count). The summed E-state index contributed by atoms with van der Waals surface area (Å²) in [5.74, 6) is 0. The first kappa shape index (κ1) is 12.6. The van der Waals surface area contributed by atoms with E-state index in [4.69, 9.17) is 0 Å². The average molecular weight is 360 g/mol. The zero-order valence-corrected chi connectivity index (χ0v) is 12.4. The largest absolute Gasteiger partial charge is 0.384 e. The minimum atomic E-state index is -0.568. The molecule has 0 aliphatic heterocycles. The van der Waals surface area contributed by atoms with Crippen LogP contribution in [0.4, 0.5) is 0 Å². The molecule has 0 aliphatic carbocycles. The quantitative estimate of drug-likeness (QED) is 0.666. The Morgan fingerprint density at radius 1 is 0.737 bits per heavy atom. The molecule has 19 heavy (non-hydrogen) atoms. The summed E-state index contributed by atoms with van der Waals surface area (Å²) in [7, 11) is 0. The van der Waals surface area contributed by atoms with E-state index >= 15 is 0 Å². The molecule has 1 unspecified atom stereocenters. The number of fused-ring (bicyclic) bond motifs is 1. The molecule has 3 aromatic rings. The number of aliphatic hydroxyl groups is 1. The maximum Gasteiger partial charge on any atom is 0.104 e. The number of benzene rings is 3. The molecule has 0 fully saturated rings. The summed E-state index contributed by atoms with van der Waals surface area (Å²) in [4.78, 5) is 0. The molecule has 0 saturated carbocycles. The first-order valence-corrected chi connectivity index (χ1v) is 7.24. The summed E-state index contributed by atoms with van der Waals surface area (Å²) in [6.07, 6.45) is -0.568. The molecule has 0 saturated heterocycles. The molecule has 1 nitrogen and oxygen atoms in total. The van der Waals surface area contributed by atoms with Crippen LogP contribution in [0.2, 0.25) is 0 Å². The van der Waals surface area contributed by atoms with Gasteiger partial charge < -0.3 is 5.11 Å². The Balaban J connectivity index is 2.01. The molecule has 3 aromatic carbocycles. The van der Waals surface area contributed by atoms with Crippen molar-refractivity contribution in [2.24, 2.45) is 0 Å². The van der Waals surface area contributed by atoms with Gasteiger partial charge in [-0.25, -0.2) is 0 Å². The van der Waals surface area contributed by atoms with Gasteiger partial charge in [0.05, 0.1) is 0 Å². The van der Waals surface area contributed by atoms with Gasteiger partial charge in [0.25, 0.3) is 0 Å². The summed E-state index contributed by atoms with van der Waals surface area (Å²) >= 11 is 2.26. The predicted molar refractivity (Wildman–Crippen MR) is 87.2 cm³/mol. The second-order valence-corrected chi connectivity index (χ2v) is 5.81. The van der Waals surface area contributed by atoms with E-state index in [9.17, 15) is 5.11 Å². The minimum Gasteiger partial charge on any atom is -0.384 e. The minimum absolute atomic E-state index is 0.568. The van der Waals surface area contributed by atoms with Gasteiger partial charge in [-0.3, -0.25) is 0 Å². The van der Waals surface area contributed by atoms with Crippen molar-refractivity contribution in [2.75, 3.05) is 0 Å². The lowest BCUT2D eigenvalue weighted by Gasteiger charge is -2.12. The van der Waals surface area contributed by atoms with Crippen LogP contribution in [0.25, 0.3) is 10.8 Å². The van der Waals surface area contributed by atoms with Gasteiger partial charge in [-0.1, -0.05) is 48.5 Å². The van der Waals surface area contributed by atoms with E-state index in [1.807, 2.05) is 42.5 Å². The van der Waals surface area contributed by atoms with Crippen LogP contribution in [0.5, 0.6) is 0 Å². The predicted octanol–water partition coefficient (Wildman–Crippen LogP) is 4.53.